The second kappa shape index (κ2) is 3.23. The van der Waals surface area contributed by atoms with Crippen molar-refractivity contribution in [3.8, 4) is 0 Å². The smallest absolute Gasteiger partial charge is 0.232 e. The van der Waals surface area contributed by atoms with Gasteiger partial charge in [0.15, 0.2) is 0 Å². The van der Waals surface area contributed by atoms with Gasteiger partial charge in [0, 0.05) is 12.3 Å². The number of carbonyl (C=O) groups excluding carboxylic acids is 2. The van der Waals surface area contributed by atoms with Crippen LogP contribution < -0.4 is 0 Å². The fourth-order valence-electron chi connectivity index (χ4n) is 1.35. The van der Waals surface area contributed by atoms with Crippen molar-refractivity contribution >= 4 is 11.8 Å². The van der Waals surface area contributed by atoms with Crippen LogP contribution in [0.1, 0.15) is 20.3 Å². The number of aliphatic hydroxyl groups is 1. The number of imide groups is 1. The summed E-state index contributed by atoms with van der Waals surface area (Å²) in [6.07, 6.45) is 0.281. The number of hydrogen-bond acceptors (Lipinski definition) is 3. The number of rotatable bonds is 2. The van der Waals surface area contributed by atoms with Crippen LogP contribution >= 0.6 is 0 Å². The largest absolute Gasteiger partial charge is 0.394 e. The third-order valence-corrected chi connectivity index (χ3v) is 2.11. The maximum Gasteiger partial charge on any atom is 0.232 e. The monoisotopic (exact) mass is 171 g/mol. The lowest BCUT2D eigenvalue weighted by atomic mass is 10.1. The lowest BCUT2D eigenvalue weighted by molar-refractivity contribution is -0.142. The summed E-state index contributed by atoms with van der Waals surface area (Å²) in [6.45, 7) is 3.22. The van der Waals surface area contributed by atoms with Crippen LogP contribution in [0.5, 0.6) is 0 Å². The van der Waals surface area contributed by atoms with Gasteiger partial charge < -0.3 is 5.11 Å². The Hall–Kier alpha value is -0.900. The van der Waals surface area contributed by atoms with E-state index in [0.717, 1.165) is 4.90 Å². The van der Waals surface area contributed by atoms with Crippen molar-refractivity contribution in [2.75, 3.05) is 6.61 Å². The Morgan fingerprint density at radius 3 is 2.58 bits per heavy atom. The summed E-state index contributed by atoms with van der Waals surface area (Å²) in [4.78, 5) is 23.7. The molecule has 1 N–H and O–H groups in total. The molecule has 0 radical (unpaired) electrons. The Balaban J connectivity index is 2.76. The average Bonchev–Trinajstić information content (AvgIpc) is 2.26. The quantitative estimate of drug-likeness (QED) is 0.583. The molecular weight excluding hydrogens is 158 g/mol. The SMILES string of the molecule is CC1CC(=O)N(C(C)CO)C1=O. The molecule has 0 aromatic carbocycles. The van der Waals surface area contributed by atoms with E-state index in [2.05, 4.69) is 0 Å². The average molecular weight is 171 g/mol. The molecule has 4 heteroatoms. The Labute approximate surface area is 71.2 Å². The van der Waals surface area contributed by atoms with E-state index in [9.17, 15) is 9.59 Å². The molecule has 1 fully saturated rings. The van der Waals surface area contributed by atoms with E-state index in [0.29, 0.717) is 0 Å². The summed E-state index contributed by atoms with van der Waals surface area (Å²) in [5.74, 6) is -0.554. The highest BCUT2D eigenvalue weighted by atomic mass is 16.3. The van der Waals surface area contributed by atoms with Crippen LogP contribution in [0.2, 0.25) is 0 Å². The van der Waals surface area contributed by atoms with E-state index in [1.54, 1.807) is 13.8 Å². The molecule has 2 unspecified atom stereocenters. The van der Waals surface area contributed by atoms with E-state index in [-0.39, 0.29) is 36.8 Å². The number of hydrogen-bond donors (Lipinski definition) is 1. The zero-order valence-corrected chi connectivity index (χ0v) is 7.28. The van der Waals surface area contributed by atoms with Crippen molar-refractivity contribution in [3.05, 3.63) is 0 Å². The minimum absolute atomic E-state index is 0.163. The molecule has 1 aliphatic heterocycles. The topological polar surface area (TPSA) is 57.6 Å². The minimum Gasteiger partial charge on any atom is -0.394 e. The molecule has 4 nitrogen and oxygen atoms in total. The molecule has 68 valence electrons. The fourth-order valence-corrected chi connectivity index (χ4v) is 1.35. The van der Waals surface area contributed by atoms with E-state index >= 15 is 0 Å². The first-order chi connectivity index (χ1) is 5.57. The molecule has 1 saturated heterocycles. The van der Waals surface area contributed by atoms with Gasteiger partial charge in [0.2, 0.25) is 11.8 Å². The van der Waals surface area contributed by atoms with Gasteiger partial charge in [-0.1, -0.05) is 6.92 Å². The van der Waals surface area contributed by atoms with Gasteiger partial charge in [0.25, 0.3) is 0 Å². The first-order valence-electron chi connectivity index (χ1n) is 4.04. The molecule has 0 aliphatic carbocycles. The predicted molar refractivity (Wildman–Crippen MR) is 42.2 cm³/mol. The van der Waals surface area contributed by atoms with Gasteiger partial charge in [-0.2, -0.15) is 0 Å². The minimum atomic E-state index is -0.380. The first kappa shape index (κ1) is 9.19. The molecule has 0 aromatic heterocycles. The zero-order chi connectivity index (χ0) is 9.30. The van der Waals surface area contributed by atoms with E-state index in [1.807, 2.05) is 0 Å². The van der Waals surface area contributed by atoms with Crippen LogP contribution in [-0.2, 0) is 9.59 Å². The van der Waals surface area contributed by atoms with Crippen molar-refractivity contribution in [3.63, 3.8) is 0 Å². The lowest BCUT2D eigenvalue weighted by Crippen LogP contribution is -2.40. The Kier molecular flexibility index (Phi) is 2.47. The number of aliphatic hydroxyl groups excluding tert-OH is 1. The first-order valence-corrected chi connectivity index (χ1v) is 4.04. The van der Waals surface area contributed by atoms with Crippen LogP contribution in [0.4, 0.5) is 0 Å². The van der Waals surface area contributed by atoms with Crippen molar-refractivity contribution < 1.29 is 14.7 Å². The van der Waals surface area contributed by atoms with Crippen molar-refractivity contribution in [2.45, 2.75) is 26.3 Å². The van der Waals surface area contributed by atoms with Gasteiger partial charge >= 0.3 is 0 Å². The number of amides is 2. The van der Waals surface area contributed by atoms with Gasteiger partial charge in [-0.05, 0) is 6.92 Å². The Morgan fingerprint density at radius 1 is 1.67 bits per heavy atom. The van der Waals surface area contributed by atoms with Crippen molar-refractivity contribution in [2.24, 2.45) is 5.92 Å². The summed E-state index contributed by atoms with van der Waals surface area (Å²) in [5.41, 5.74) is 0. The van der Waals surface area contributed by atoms with Crippen molar-refractivity contribution in [1.82, 2.24) is 4.90 Å². The highest BCUT2D eigenvalue weighted by molar-refractivity contribution is 6.03. The zero-order valence-electron chi connectivity index (χ0n) is 7.28. The summed E-state index contributed by atoms with van der Waals surface area (Å²) in [7, 11) is 0. The van der Waals surface area contributed by atoms with E-state index in [1.165, 1.54) is 0 Å². The van der Waals surface area contributed by atoms with E-state index < -0.39 is 0 Å². The second-order valence-electron chi connectivity index (χ2n) is 3.24. The summed E-state index contributed by atoms with van der Waals surface area (Å²) < 4.78 is 0. The van der Waals surface area contributed by atoms with Gasteiger partial charge in [0.05, 0.1) is 12.6 Å². The summed E-state index contributed by atoms with van der Waals surface area (Å²) in [5, 5.41) is 8.77. The third kappa shape index (κ3) is 1.34. The second-order valence-corrected chi connectivity index (χ2v) is 3.24. The van der Waals surface area contributed by atoms with Crippen LogP contribution in [0, 0.1) is 5.92 Å². The molecule has 2 atom stereocenters. The van der Waals surface area contributed by atoms with Crippen LogP contribution in [0.25, 0.3) is 0 Å². The number of likely N-dealkylation sites (tertiary alicyclic amines) is 1. The van der Waals surface area contributed by atoms with Gasteiger partial charge in [-0.3, -0.25) is 14.5 Å². The third-order valence-electron chi connectivity index (χ3n) is 2.11. The lowest BCUT2D eigenvalue weighted by Gasteiger charge is -2.20. The standard InChI is InChI=1S/C8H13NO3/c1-5-3-7(11)9(8(5)12)6(2)4-10/h5-6,10H,3-4H2,1-2H3. The Bertz CT molecular complexity index is 214. The van der Waals surface area contributed by atoms with Crippen LogP contribution in [0.3, 0.4) is 0 Å². The normalized spacial score (nSPS) is 26.6. The summed E-state index contributed by atoms with van der Waals surface area (Å²) >= 11 is 0. The highest BCUT2D eigenvalue weighted by Gasteiger charge is 2.37. The molecular formula is C8H13NO3. The van der Waals surface area contributed by atoms with Crippen molar-refractivity contribution in [1.29, 1.82) is 0 Å². The molecule has 1 rings (SSSR count). The molecule has 0 aromatic rings. The molecule has 0 bridgehead atoms. The molecule has 0 spiro atoms. The van der Waals surface area contributed by atoms with Gasteiger partial charge in [0.1, 0.15) is 0 Å². The van der Waals surface area contributed by atoms with Gasteiger partial charge in [-0.15, -0.1) is 0 Å². The fraction of sp³-hybridized carbons (Fsp3) is 0.750. The van der Waals surface area contributed by atoms with Gasteiger partial charge in [-0.25, -0.2) is 0 Å². The molecule has 2 amide bonds. The maximum atomic E-state index is 11.3. The number of carbonyl (C=O) groups is 2. The van der Waals surface area contributed by atoms with E-state index in [4.69, 9.17) is 5.11 Å². The van der Waals surface area contributed by atoms with Crippen LogP contribution in [0.15, 0.2) is 0 Å². The molecule has 0 saturated carbocycles. The summed E-state index contributed by atoms with van der Waals surface area (Å²) in [6, 6.07) is -0.380. The highest BCUT2D eigenvalue weighted by Crippen LogP contribution is 2.20. The number of nitrogens with zero attached hydrogens (tertiary/aromatic N) is 1. The Morgan fingerprint density at radius 2 is 2.25 bits per heavy atom. The van der Waals surface area contributed by atoms with Crippen LogP contribution in [-0.4, -0.2) is 34.5 Å². The maximum absolute atomic E-state index is 11.3. The molecule has 12 heavy (non-hydrogen) atoms. The molecule has 1 aliphatic rings. The predicted octanol–water partition coefficient (Wildman–Crippen LogP) is -0.238. The molecule has 1 heterocycles.